The monoisotopic (exact) mass is 497 g/mol. The maximum atomic E-state index is 15.5. The maximum absolute atomic E-state index is 15.5. The molecule has 8 nitrogen and oxygen atoms in total. The van der Waals surface area contributed by atoms with Crippen LogP contribution in [0.3, 0.4) is 0 Å². The van der Waals surface area contributed by atoms with Crippen molar-refractivity contribution in [2.75, 3.05) is 18.4 Å². The summed E-state index contributed by atoms with van der Waals surface area (Å²) in [5.41, 5.74) is 1.15. The molecule has 3 aliphatic heterocycles. The number of halogens is 1. The van der Waals surface area contributed by atoms with Crippen LogP contribution in [0.5, 0.6) is 0 Å². The third-order valence-corrected chi connectivity index (χ3v) is 6.61. The number of nitrogens with one attached hydrogen (secondary N) is 2. The van der Waals surface area contributed by atoms with Gasteiger partial charge >= 0.3 is 0 Å². The van der Waals surface area contributed by atoms with E-state index in [9.17, 15) is 14.4 Å². The minimum Gasteiger partial charge on any atom is -0.381 e. The predicted octanol–water partition coefficient (Wildman–Crippen LogP) is 2.81. The molecule has 3 atom stereocenters. The Balaban J connectivity index is 1.38. The number of hydrogen-bond acceptors (Lipinski definition) is 6. The molecule has 5 rings (SSSR count). The molecule has 3 aliphatic rings. The number of nitrogens with zero attached hydrogens (tertiary/aromatic N) is 2. The topological polar surface area (TPSA) is 91.0 Å². The van der Waals surface area contributed by atoms with Crippen LogP contribution in [0.2, 0.25) is 0 Å². The van der Waals surface area contributed by atoms with Gasteiger partial charge in [0.05, 0.1) is 16.3 Å². The van der Waals surface area contributed by atoms with Crippen LogP contribution < -0.4 is 10.6 Å². The number of carbonyl (C=O) groups excluding carboxylic acids is 3. The molecule has 0 aliphatic carbocycles. The van der Waals surface area contributed by atoms with E-state index >= 15 is 4.39 Å². The fraction of sp³-hybridized carbons (Fsp3) is 0.444. The molecule has 2 aromatic rings. The Morgan fingerprint density at radius 2 is 1.86 bits per heavy atom. The quantitative estimate of drug-likeness (QED) is 0.597. The van der Waals surface area contributed by atoms with Gasteiger partial charge in [0.25, 0.3) is 5.91 Å². The molecule has 3 amide bonds. The van der Waals surface area contributed by atoms with E-state index in [1.165, 1.54) is 6.07 Å². The van der Waals surface area contributed by atoms with Crippen LogP contribution in [-0.2, 0) is 33.9 Å². The van der Waals surface area contributed by atoms with Crippen LogP contribution in [0, 0.1) is 5.82 Å². The number of rotatable bonds is 6. The lowest BCUT2D eigenvalue weighted by atomic mass is 10.0. The van der Waals surface area contributed by atoms with Crippen LogP contribution in [0.1, 0.15) is 57.8 Å². The van der Waals surface area contributed by atoms with E-state index in [4.69, 9.17) is 8.85 Å². The highest BCUT2D eigenvalue weighted by Crippen LogP contribution is 2.32. The molecule has 190 valence electrons. The zero-order chi connectivity index (χ0) is 28.1. The smallest absolute Gasteiger partial charge is 0.255 e. The molecule has 0 aromatic heterocycles. The van der Waals surface area contributed by atoms with Crippen molar-refractivity contribution < 1.29 is 27.6 Å². The summed E-state index contributed by atoms with van der Waals surface area (Å²) in [6.45, 7) is 3.31. The lowest BCUT2D eigenvalue weighted by molar-refractivity contribution is -0.136. The second-order valence-electron chi connectivity index (χ2n) is 9.50. The summed E-state index contributed by atoms with van der Waals surface area (Å²) in [5.74, 6) is -2.79. The number of piperidine rings is 1. The van der Waals surface area contributed by atoms with E-state index in [0.29, 0.717) is 35.7 Å². The van der Waals surface area contributed by atoms with Crippen molar-refractivity contribution in [1.29, 1.82) is 0 Å². The number of carbonyl (C=O) groups is 3. The second-order valence-corrected chi connectivity index (χ2v) is 9.50. The van der Waals surface area contributed by atoms with Crippen LogP contribution in [0.4, 0.5) is 10.1 Å². The third kappa shape index (κ3) is 4.85. The molecule has 0 bridgehead atoms. The van der Waals surface area contributed by atoms with Gasteiger partial charge in [-0.2, -0.15) is 0 Å². The zero-order valence-electron chi connectivity index (χ0n) is 23.3. The highest BCUT2D eigenvalue weighted by atomic mass is 19.1. The van der Waals surface area contributed by atoms with Crippen molar-refractivity contribution in [2.45, 2.75) is 64.5 Å². The van der Waals surface area contributed by atoms with Crippen molar-refractivity contribution in [3.8, 4) is 0 Å². The Hall–Kier alpha value is -3.30. The largest absolute Gasteiger partial charge is 0.381 e. The molecule has 2 N–H and O–H groups in total. The molecule has 3 unspecified atom stereocenters. The van der Waals surface area contributed by atoms with E-state index in [2.05, 4.69) is 10.2 Å². The Bertz CT molecular complexity index is 1330. The standard InChI is InChI=1S/C27H31FN4O4/c1-16-12-31(13-17(2)36-16)14-19-6-3-5-18(25(19)28)11-29-22-8-4-7-20-21(22)15-32(27(20)35)23-9-10-24(33)30-26(23)34/h3-8,16-17,23,29H,9-15H2,1-2H3,(H,30,33,34)/i15D2,23D. The minimum absolute atomic E-state index is 0.00565. The molecule has 3 heterocycles. The summed E-state index contributed by atoms with van der Waals surface area (Å²) in [7, 11) is 0. The van der Waals surface area contributed by atoms with Gasteiger partial charge in [0.15, 0.2) is 0 Å². The number of benzene rings is 2. The number of ether oxygens (including phenoxy) is 1. The highest BCUT2D eigenvalue weighted by molar-refractivity contribution is 6.06. The molecule has 36 heavy (non-hydrogen) atoms. The molecule has 2 aromatic carbocycles. The number of fused-ring (bicyclic) bond motifs is 1. The second kappa shape index (κ2) is 9.99. The van der Waals surface area contributed by atoms with Gasteiger partial charge in [-0.15, -0.1) is 0 Å². The van der Waals surface area contributed by atoms with Crippen molar-refractivity contribution >= 4 is 23.4 Å². The SMILES string of the molecule is [2H]C1(N2C(=O)c3cccc(NCc4cccc(CN5CC(C)OC(C)C5)c4F)c3C2([2H])[2H])CCC(=O)NC1=O. The van der Waals surface area contributed by atoms with Crippen LogP contribution in [0.15, 0.2) is 36.4 Å². The van der Waals surface area contributed by atoms with Gasteiger partial charge in [0.2, 0.25) is 11.8 Å². The zero-order valence-corrected chi connectivity index (χ0v) is 20.3. The molecular weight excluding hydrogens is 463 g/mol. The average Bonchev–Trinajstić information content (AvgIpc) is 3.07. The Morgan fingerprint density at radius 1 is 1.14 bits per heavy atom. The van der Waals surface area contributed by atoms with Crippen molar-refractivity contribution in [3.05, 3.63) is 64.5 Å². The van der Waals surface area contributed by atoms with Crippen LogP contribution in [0.25, 0.3) is 0 Å². The molecule has 0 radical (unpaired) electrons. The lowest BCUT2D eigenvalue weighted by Gasteiger charge is -2.35. The first-order chi connectivity index (χ1) is 18.4. The van der Waals surface area contributed by atoms with E-state index in [0.717, 1.165) is 0 Å². The lowest BCUT2D eigenvalue weighted by Crippen LogP contribution is -2.52. The third-order valence-electron chi connectivity index (χ3n) is 6.61. The van der Waals surface area contributed by atoms with E-state index in [1.807, 2.05) is 19.2 Å². The molecule has 2 fully saturated rings. The van der Waals surface area contributed by atoms with Gasteiger partial charge in [-0.05, 0) is 32.4 Å². The van der Waals surface area contributed by atoms with E-state index in [1.54, 1.807) is 30.3 Å². The normalized spacial score (nSPS) is 29.2. The average molecular weight is 498 g/mol. The Labute approximate surface area is 214 Å². The number of anilines is 1. The van der Waals surface area contributed by atoms with E-state index in [-0.39, 0.29) is 54.2 Å². The van der Waals surface area contributed by atoms with Crippen LogP contribution >= 0.6 is 0 Å². The number of imide groups is 1. The first-order valence-corrected chi connectivity index (χ1v) is 12.1. The van der Waals surface area contributed by atoms with Gasteiger partial charge < -0.3 is 15.0 Å². The van der Waals surface area contributed by atoms with Gasteiger partial charge in [-0.3, -0.25) is 24.6 Å². The van der Waals surface area contributed by atoms with Gasteiger partial charge in [-0.25, -0.2) is 4.39 Å². The van der Waals surface area contributed by atoms with Gasteiger partial charge in [0.1, 0.15) is 11.8 Å². The number of hydrogen-bond donors (Lipinski definition) is 2. The van der Waals surface area contributed by atoms with Crippen molar-refractivity contribution in [2.24, 2.45) is 0 Å². The summed E-state index contributed by atoms with van der Waals surface area (Å²) in [6, 6.07) is 7.44. The molecular formula is C27H31FN4O4. The summed E-state index contributed by atoms with van der Waals surface area (Å²) in [4.78, 5) is 40.3. The maximum Gasteiger partial charge on any atom is 0.255 e. The molecule has 9 heteroatoms. The Kier molecular flexibility index (Phi) is 5.78. The first kappa shape index (κ1) is 20.8. The number of amides is 3. The van der Waals surface area contributed by atoms with Crippen LogP contribution in [-0.4, -0.2) is 58.8 Å². The first-order valence-electron chi connectivity index (χ1n) is 13.6. The Morgan fingerprint density at radius 3 is 2.61 bits per heavy atom. The summed E-state index contributed by atoms with van der Waals surface area (Å²) in [6.07, 6.45) is -0.392. The van der Waals surface area contributed by atoms with Gasteiger partial charge in [-0.1, -0.05) is 24.3 Å². The summed E-state index contributed by atoms with van der Waals surface area (Å²) >= 11 is 0. The van der Waals surface area contributed by atoms with E-state index < -0.39 is 30.2 Å². The van der Waals surface area contributed by atoms with Gasteiger partial charge in [0, 0.05) is 67.0 Å². The summed E-state index contributed by atoms with van der Waals surface area (Å²) < 4.78 is 47.5. The fourth-order valence-electron chi connectivity index (χ4n) is 5.03. The summed E-state index contributed by atoms with van der Waals surface area (Å²) in [5, 5.41) is 5.11. The van der Waals surface area contributed by atoms with Crippen molar-refractivity contribution in [3.63, 3.8) is 0 Å². The molecule has 0 spiro atoms. The predicted molar refractivity (Wildman–Crippen MR) is 131 cm³/mol. The number of morpholine rings is 1. The fourth-order valence-corrected chi connectivity index (χ4v) is 5.03. The molecule has 0 saturated carbocycles. The highest BCUT2D eigenvalue weighted by Gasteiger charge is 2.39. The molecule has 2 saturated heterocycles. The van der Waals surface area contributed by atoms with Crippen molar-refractivity contribution in [1.82, 2.24) is 15.1 Å². The minimum atomic E-state index is -2.53.